The van der Waals surface area contributed by atoms with E-state index in [-0.39, 0.29) is 41.7 Å². The summed E-state index contributed by atoms with van der Waals surface area (Å²) in [6.07, 6.45) is 7.98. The third-order valence-corrected chi connectivity index (χ3v) is 14.1. The van der Waals surface area contributed by atoms with Crippen molar-refractivity contribution in [2.45, 2.75) is 94.8 Å². The maximum absolute atomic E-state index is 14.3. The van der Waals surface area contributed by atoms with Crippen LogP contribution in [0.4, 0.5) is 25.2 Å². The van der Waals surface area contributed by atoms with Crippen molar-refractivity contribution in [2.24, 2.45) is 5.92 Å². The first-order valence-corrected chi connectivity index (χ1v) is 21.8. The van der Waals surface area contributed by atoms with Gasteiger partial charge in [-0.2, -0.15) is 5.10 Å². The van der Waals surface area contributed by atoms with Gasteiger partial charge in [-0.25, -0.2) is 8.78 Å². The number of piperidine rings is 1. The Balaban J connectivity index is 0.762. The van der Waals surface area contributed by atoms with Crippen LogP contribution in [0.1, 0.15) is 114 Å². The molecule has 3 N–H and O–H groups in total. The van der Waals surface area contributed by atoms with Crippen LogP contribution in [0, 0.1) is 5.92 Å². The highest BCUT2D eigenvalue weighted by atomic mass is 32.1. The average molecular weight is 846 g/mol. The molecular formula is C42H49F2N9O6S. The summed E-state index contributed by atoms with van der Waals surface area (Å²) in [4.78, 5) is 71.1. The van der Waals surface area contributed by atoms with Gasteiger partial charge in [0.2, 0.25) is 11.8 Å². The van der Waals surface area contributed by atoms with E-state index in [4.69, 9.17) is 4.74 Å². The lowest BCUT2D eigenvalue weighted by atomic mass is 9.84. The molecule has 9 rings (SSSR count). The largest absolute Gasteiger partial charge is 0.382 e. The van der Waals surface area contributed by atoms with E-state index in [1.807, 2.05) is 16.7 Å². The number of carbonyl (C=O) groups excluding carboxylic acids is 5. The zero-order chi connectivity index (χ0) is 41.7. The van der Waals surface area contributed by atoms with Gasteiger partial charge in [-0.15, -0.1) is 0 Å². The number of benzene rings is 1. The molecule has 3 aliphatic heterocycles. The first kappa shape index (κ1) is 40.2. The standard InChI is InChI=1S/C42H49F2N9O6S/c1-49(26-11-7-25(8-12-26)45-29-4-2-3-28-36(29)42(58)53(41(28)57)32-13-15-33(54)47-40(32)56)21-24-5-9-27(10-6-24)52-22-30(37(48-52)38(43)44)46-39(55)31-14-16-34-51(31)23-35(60-34)50-17-19-59-20-18-50/h2-4,14,16,22-27,32,38,45H,5-13,15,17-21H2,1H3,(H,46,55)(H,47,54,56)/t24?,25-,26-,27?,32?. The number of anilines is 3. The number of morpholine rings is 1. The fourth-order valence-electron chi connectivity index (χ4n) is 9.71. The number of imide groups is 2. The molecule has 18 heteroatoms. The van der Waals surface area contributed by atoms with E-state index in [2.05, 4.69) is 37.9 Å². The van der Waals surface area contributed by atoms with Crippen LogP contribution in [-0.2, 0) is 14.3 Å². The monoisotopic (exact) mass is 845 g/mol. The summed E-state index contributed by atoms with van der Waals surface area (Å²) < 4.78 is 37.4. The predicted octanol–water partition coefficient (Wildman–Crippen LogP) is 5.71. The highest BCUT2D eigenvalue weighted by Crippen LogP contribution is 2.38. The maximum Gasteiger partial charge on any atom is 0.284 e. The number of nitrogens with one attached hydrogen (secondary N) is 3. The Hall–Kier alpha value is -5.20. The highest BCUT2D eigenvalue weighted by molar-refractivity contribution is 7.21. The maximum atomic E-state index is 14.3. The van der Waals surface area contributed by atoms with E-state index in [0.717, 1.165) is 85.7 Å². The lowest BCUT2D eigenvalue weighted by Crippen LogP contribution is -2.54. The minimum absolute atomic E-state index is 0.0338. The normalized spacial score (nSPS) is 25.1. The number of nitrogens with zero attached hydrogens (tertiary/aromatic N) is 6. The number of alkyl halides is 2. The Labute approximate surface area is 349 Å². The molecule has 2 saturated carbocycles. The lowest BCUT2D eigenvalue weighted by Gasteiger charge is -2.38. The van der Waals surface area contributed by atoms with Crippen molar-refractivity contribution < 1.29 is 37.5 Å². The van der Waals surface area contributed by atoms with E-state index in [1.165, 1.54) is 0 Å². The average Bonchev–Trinajstić information content (AvgIpc) is 4.02. The molecule has 6 heterocycles. The zero-order valence-corrected chi connectivity index (χ0v) is 34.2. The van der Waals surface area contributed by atoms with Crippen molar-refractivity contribution >= 4 is 62.1 Å². The fourth-order valence-corrected chi connectivity index (χ4v) is 10.8. The summed E-state index contributed by atoms with van der Waals surface area (Å²) in [5.74, 6) is -2.08. The second kappa shape index (κ2) is 16.7. The second-order valence-corrected chi connectivity index (χ2v) is 17.7. The van der Waals surface area contributed by atoms with E-state index in [1.54, 1.807) is 46.5 Å². The molecule has 4 aromatic rings. The van der Waals surface area contributed by atoms with Crippen molar-refractivity contribution in [1.82, 2.24) is 29.3 Å². The van der Waals surface area contributed by atoms with Gasteiger partial charge < -0.3 is 29.6 Å². The number of fused-ring (bicyclic) bond motifs is 2. The Morgan fingerprint density at radius 2 is 1.72 bits per heavy atom. The molecule has 5 amide bonds. The van der Waals surface area contributed by atoms with Crippen molar-refractivity contribution in [3.63, 3.8) is 0 Å². The van der Waals surface area contributed by atoms with Gasteiger partial charge in [0.1, 0.15) is 21.6 Å². The van der Waals surface area contributed by atoms with Gasteiger partial charge in [-0.05, 0) is 95.0 Å². The molecule has 4 fully saturated rings. The molecule has 0 radical (unpaired) electrons. The Morgan fingerprint density at radius 3 is 2.45 bits per heavy atom. The first-order chi connectivity index (χ1) is 29.0. The van der Waals surface area contributed by atoms with Gasteiger partial charge in [0.25, 0.3) is 24.1 Å². The molecule has 3 aromatic heterocycles. The number of thiazole rings is 1. The van der Waals surface area contributed by atoms with E-state index < -0.39 is 47.7 Å². The molecule has 0 bridgehead atoms. The number of halogens is 2. The molecule has 15 nitrogen and oxygen atoms in total. The fraction of sp³-hybridized carbons (Fsp3) is 0.524. The molecule has 0 spiro atoms. The summed E-state index contributed by atoms with van der Waals surface area (Å²) in [5.41, 5.74) is 1.11. The van der Waals surface area contributed by atoms with Crippen LogP contribution in [0.15, 0.2) is 42.7 Å². The Bertz CT molecular complexity index is 2300. The van der Waals surface area contributed by atoms with E-state index >= 15 is 0 Å². The molecule has 60 heavy (non-hydrogen) atoms. The molecular weight excluding hydrogens is 797 g/mol. The van der Waals surface area contributed by atoms with Gasteiger partial charge in [-0.1, -0.05) is 17.4 Å². The van der Waals surface area contributed by atoms with Crippen LogP contribution in [0.5, 0.6) is 0 Å². The third kappa shape index (κ3) is 7.80. The smallest absolute Gasteiger partial charge is 0.284 e. The molecule has 5 aliphatic rings. The van der Waals surface area contributed by atoms with Crippen LogP contribution in [0.25, 0.3) is 4.83 Å². The number of aromatic nitrogens is 3. The summed E-state index contributed by atoms with van der Waals surface area (Å²) in [6, 6.07) is 8.17. The van der Waals surface area contributed by atoms with Crippen molar-refractivity contribution in [2.75, 3.05) is 55.4 Å². The predicted molar refractivity (Wildman–Crippen MR) is 220 cm³/mol. The number of ether oxygens (including phenoxy) is 1. The van der Waals surface area contributed by atoms with Gasteiger partial charge >= 0.3 is 0 Å². The molecule has 1 unspecified atom stereocenters. The zero-order valence-electron chi connectivity index (χ0n) is 33.4. The van der Waals surface area contributed by atoms with Crippen LogP contribution in [0.3, 0.4) is 0 Å². The summed E-state index contributed by atoms with van der Waals surface area (Å²) >= 11 is 1.57. The summed E-state index contributed by atoms with van der Waals surface area (Å²) in [7, 11) is 2.16. The molecule has 1 aromatic carbocycles. The quantitative estimate of drug-likeness (QED) is 0.160. The number of rotatable bonds is 11. The second-order valence-electron chi connectivity index (χ2n) is 16.7. The first-order valence-electron chi connectivity index (χ1n) is 21.0. The number of amides is 5. The Kier molecular flexibility index (Phi) is 11.2. The SMILES string of the molecule is CN(CC1CCC(n2cc(NC(=O)c3ccc4sc(N5CCOCC5)cn34)c(C(F)F)n2)CC1)[C@H]1CC[C@H](Nc2cccc3c2C(=O)N(C2CCC(=O)NC2=O)C3=O)CC1. The molecule has 1 atom stereocenters. The van der Waals surface area contributed by atoms with Gasteiger partial charge in [0.05, 0.1) is 36.1 Å². The molecule has 318 valence electrons. The van der Waals surface area contributed by atoms with Crippen LogP contribution in [-0.4, -0.2) is 112 Å². The number of hydrogen-bond acceptors (Lipinski definition) is 11. The van der Waals surface area contributed by atoms with Crippen molar-refractivity contribution in [3.8, 4) is 0 Å². The Morgan fingerprint density at radius 1 is 0.950 bits per heavy atom. The molecule has 2 saturated heterocycles. The summed E-state index contributed by atoms with van der Waals surface area (Å²) in [6.45, 7) is 3.77. The number of hydrogen-bond donors (Lipinski definition) is 3. The lowest BCUT2D eigenvalue weighted by molar-refractivity contribution is -0.136. The van der Waals surface area contributed by atoms with E-state index in [9.17, 15) is 32.8 Å². The van der Waals surface area contributed by atoms with Gasteiger partial charge in [-0.3, -0.25) is 38.9 Å². The van der Waals surface area contributed by atoms with Gasteiger partial charge in [0, 0.05) is 56.2 Å². The van der Waals surface area contributed by atoms with Gasteiger partial charge in [0.15, 0.2) is 5.69 Å². The third-order valence-electron chi connectivity index (χ3n) is 13.0. The topological polar surface area (TPSA) is 163 Å². The summed E-state index contributed by atoms with van der Waals surface area (Å²) in [5, 5.41) is 13.8. The minimum atomic E-state index is -2.84. The van der Waals surface area contributed by atoms with Crippen LogP contribution in [0.2, 0.25) is 0 Å². The number of carbonyl (C=O) groups is 5. The minimum Gasteiger partial charge on any atom is -0.382 e. The van der Waals surface area contributed by atoms with Crippen molar-refractivity contribution in [3.05, 3.63) is 65.2 Å². The van der Waals surface area contributed by atoms with E-state index in [0.29, 0.717) is 36.6 Å². The van der Waals surface area contributed by atoms with Crippen LogP contribution < -0.4 is 20.9 Å². The van der Waals surface area contributed by atoms with Crippen LogP contribution >= 0.6 is 11.3 Å². The van der Waals surface area contributed by atoms with Crippen molar-refractivity contribution in [1.29, 1.82) is 0 Å². The highest BCUT2D eigenvalue weighted by Gasteiger charge is 2.46. The molecule has 2 aliphatic carbocycles.